The monoisotopic (exact) mass is 274 g/mol. The third-order valence-electron chi connectivity index (χ3n) is 3.66. The van der Waals surface area contributed by atoms with Crippen molar-refractivity contribution >= 4 is 5.91 Å². The zero-order valence-corrected chi connectivity index (χ0v) is 10.9. The molecule has 20 heavy (non-hydrogen) atoms. The zero-order chi connectivity index (χ0) is 13.9. The van der Waals surface area contributed by atoms with E-state index in [1.54, 1.807) is 18.2 Å². The van der Waals surface area contributed by atoms with Crippen LogP contribution in [0.3, 0.4) is 0 Å². The van der Waals surface area contributed by atoms with Crippen LogP contribution in [0.25, 0.3) is 11.3 Å². The summed E-state index contributed by atoms with van der Waals surface area (Å²) >= 11 is 0. The second-order valence-corrected chi connectivity index (χ2v) is 5.06. The van der Waals surface area contributed by atoms with E-state index in [2.05, 4.69) is 10.5 Å². The van der Waals surface area contributed by atoms with Crippen LogP contribution >= 0.6 is 0 Å². The van der Waals surface area contributed by atoms with Crippen LogP contribution in [0.15, 0.2) is 34.9 Å². The number of nitrogens with one attached hydrogen (secondary N) is 1. The largest absolute Gasteiger partial charge is 0.355 e. The van der Waals surface area contributed by atoms with Crippen molar-refractivity contribution in [3.05, 3.63) is 41.8 Å². The number of carbonyl (C=O) groups excluding carboxylic acids is 1. The van der Waals surface area contributed by atoms with Crippen LogP contribution in [0.5, 0.6) is 0 Å². The van der Waals surface area contributed by atoms with Gasteiger partial charge in [0.25, 0.3) is 5.91 Å². The quantitative estimate of drug-likeness (QED) is 0.932. The van der Waals surface area contributed by atoms with E-state index >= 15 is 0 Å². The predicted octanol–water partition coefficient (Wildman–Crippen LogP) is 3.01. The SMILES string of the molecule is O=C(NCC1CCC1)c1cc(-c2ccccc2F)on1. The van der Waals surface area contributed by atoms with Gasteiger partial charge in [0.15, 0.2) is 11.5 Å². The van der Waals surface area contributed by atoms with Crippen LogP contribution in [-0.2, 0) is 0 Å². The number of halogens is 1. The van der Waals surface area contributed by atoms with Gasteiger partial charge in [0, 0.05) is 12.6 Å². The van der Waals surface area contributed by atoms with Crippen molar-refractivity contribution in [2.75, 3.05) is 6.54 Å². The summed E-state index contributed by atoms with van der Waals surface area (Å²) in [6, 6.07) is 7.70. The van der Waals surface area contributed by atoms with E-state index in [0.29, 0.717) is 18.0 Å². The van der Waals surface area contributed by atoms with Crippen molar-refractivity contribution in [3.8, 4) is 11.3 Å². The number of rotatable bonds is 4. The average molecular weight is 274 g/mol. The maximum absolute atomic E-state index is 13.6. The molecule has 1 aromatic heterocycles. The van der Waals surface area contributed by atoms with Crippen LogP contribution in [0.2, 0.25) is 0 Å². The van der Waals surface area contributed by atoms with Crippen molar-refractivity contribution in [2.45, 2.75) is 19.3 Å². The van der Waals surface area contributed by atoms with Gasteiger partial charge in [0.2, 0.25) is 0 Å². The maximum Gasteiger partial charge on any atom is 0.273 e. The summed E-state index contributed by atoms with van der Waals surface area (Å²) in [6.45, 7) is 0.667. The molecule has 2 aromatic rings. The Morgan fingerprint density at radius 1 is 1.40 bits per heavy atom. The number of nitrogens with zero attached hydrogens (tertiary/aromatic N) is 1. The smallest absolute Gasteiger partial charge is 0.273 e. The molecule has 1 N–H and O–H groups in total. The molecule has 0 saturated heterocycles. The first-order valence-corrected chi connectivity index (χ1v) is 6.74. The minimum atomic E-state index is -0.398. The van der Waals surface area contributed by atoms with Gasteiger partial charge in [-0.15, -0.1) is 0 Å². The van der Waals surface area contributed by atoms with Crippen molar-refractivity contribution in [1.82, 2.24) is 10.5 Å². The average Bonchev–Trinajstić information content (AvgIpc) is 2.87. The van der Waals surface area contributed by atoms with Crippen LogP contribution in [0.1, 0.15) is 29.8 Å². The third kappa shape index (κ3) is 2.57. The first kappa shape index (κ1) is 12.8. The molecule has 0 spiro atoms. The van der Waals surface area contributed by atoms with E-state index in [9.17, 15) is 9.18 Å². The lowest BCUT2D eigenvalue weighted by Crippen LogP contribution is -2.32. The second-order valence-electron chi connectivity index (χ2n) is 5.06. The summed E-state index contributed by atoms with van der Waals surface area (Å²) < 4.78 is 18.7. The molecule has 104 valence electrons. The van der Waals surface area contributed by atoms with Gasteiger partial charge in [-0.3, -0.25) is 4.79 Å². The lowest BCUT2D eigenvalue weighted by molar-refractivity contribution is 0.0930. The normalized spacial score (nSPS) is 14.8. The van der Waals surface area contributed by atoms with Crippen molar-refractivity contribution in [3.63, 3.8) is 0 Å². The highest BCUT2D eigenvalue weighted by atomic mass is 19.1. The predicted molar refractivity (Wildman–Crippen MR) is 71.6 cm³/mol. The molecule has 0 unspecified atom stereocenters. The highest BCUT2D eigenvalue weighted by molar-refractivity contribution is 5.93. The first-order chi connectivity index (χ1) is 9.74. The Bertz CT molecular complexity index is 620. The van der Waals surface area contributed by atoms with Gasteiger partial charge in [-0.1, -0.05) is 23.7 Å². The molecule has 1 aromatic carbocycles. The molecule has 0 atom stereocenters. The van der Waals surface area contributed by atoms with Crippen LogP contribution in [0.4, 0.5) is 4.39 Å². The summed E-state index contributed by atoms with van der Waals surface area (Å²) in [4.78, 5) is 11.9. The highest BCUT2D eigenvalue weighted by Crippen LogP contribution is 2.26. The van der Waals surface area contributed by atoms with Crippen LogP contribution < -0.4 is 5.32 Å². The number of benzene rings is 1. The summed E-state index contributed by atoms with van der Waals surface area (Å²) in [5.41, 5.74) is 0.487. The Balaban J connectivity index is 1.69. The Labute approximate surface area is 116 Å². The zero-order valence-electron chi connectivity index (χ0n) is 10.9. The number of aromatic nitrogens is 1. The number of amides is 1. The molecule has 1 aliphatic carbocycles. The summed E-state index contributed by atoms with van der Waals surface area (Å²) in [5, 5.41) is 6.53. The molecule has 1 aliphatic rings. The van der Waals surface area contributed by atoms with Crippen LogP contribution in [0, 0.1) is 11.7 Å². The molecular formula is C15H15FN2O2. The van der Waals surface area contributed by atoms with E-state index in [4.69, 9.17) is 4.52 Å². The lowest BCUT2D eigenvalue weighted by Gasteiger charge is -2.24. The Hall–Kier alpha value is -2.17. The second kappa shape index (κ2) is 5.45. The summed E-state index contributed by atoms with van der Waals surface area (Å²) in [7, 11) is 0. The molecule has 1 fully saturated rings. The molecule has 5 heteroatoms. The molecule has 0 radical (unpaired) electrons. The number of hydrogen-bond acceptors (Lipinski definition) is 3. The van der Waals surface area contributed by atoms with Gasteiger partial charge >= 0.3 is 0 Å². The third-order valence-corrected chi connectivity index (χ3v) is 3.66. The van der Waals surface area contributed by atoms with Gasteiger partial charge in [-0.25, -0.2) is 4.39 Å². The van der Waals surface area contributed by atoms with E-state index in [1.165, 1.54) is 31.4 Å². The molecule has 1 heterocycles. The maximum atomic E-state index is 13.6. The number of hydrogen-bond donors (Lipinski definition) is 1. The standard InChI is InChI=1S/C15H15FN2O2/c16-12-7-2-1-6-11(12)14-8-13(18-20-14)15(19)17-9-10-4-3-5-10/h1-2,6-8,10H,3-5,9H2,(H,17,19). The molecule has 1 amide bonds. The van der Waals surface area contributed by atoms with Crippen LogP contribution in [-0.4, -0.2) is 17.6 Å². The first-order valence-electron chi connectivity index (χ1n) is 6.74. The lowest BCUT2D eigenvalue weighted by atomic mass is 9.85. The Morgan fingerprint density at radius 2 is 2.20 bits per heavy atom. The van der Waals surface area contributed by atoms with Gasteiger partial charge in [0.1, 0.15) is 5.82 Å². The Morgan fingerprint density at radius 3 is 2.90 bits per heavy atom. The minimum absolute atomic E-state index is 0.183. The molecule has 0 bridgehead atoms. The van der Waals surface area contributed by atoms with Gasteiger partial charge in [-0.05, 0) is 30.9 Å². The van der Waals surface area contributed by atoms with Crippen molar-refractivity contribution in [1.29, 1.82) is 0 Å². The molecule has 4 nitrogen and oxygen atoms in total. The summed E-state index contributed by atoms with van der Waals surface area (Å²) in [5.74, 6) is 0.169. The van der Waals surface area contributed by atoms with E-state index in [-0.39, 0.29) is 17.4 Å². The fourth-order valence-electron chi connectivity index (χ4n) is 2.19. The molecule has 3 rings (SSSR count). The van der Waals surface area contributed by atoms with Gasteiger partial charge < -0.3 is 9.84 Å². The molecular weight excluding hydrogens is 259 g/mol. The molecule has 0 aliphatic heterocycles. The van der Waals surface area contributed by atoms with Gasteiger partial charge in [-0.2, -0.15) is 0 Å². The van der Waals surface area contributed by atoms with Crippen molar-refractivity contribution in [2.24, 2.45) is 5.92 Å². The number of carbonyl (C=O) groups is 1. The topological polar surface area (TPSA) is 55.1 Å². The summed E-state index contributed by atoms with van der Waals surface area (Å²) in [6.07, 6.45) is 3.57. The minimum Gasteiger partial charge on any atom is -0.355 e. The van der Waals surface area contributed by atoms with Gasteiger partial charge in [0.05, 0.1) is 5.56 Å². The highest BCUT2D eigenvalue weighted by Gasteiger charge is 2.20. The van der Waals surface area contributed by atoms with E-state index in [0.717, 1.165) is 0 Å². The van der Waals surface area contributed by atoms with Crippen molar-refractivity contribution < 1.29 is 13.7 Å². The Kier molecular flexibility index (Phi) is 3.50. The fraction of sp³-hybridized carbons (Fsp3) is 0.333. The molecule has 1 saturated carbocycles. The van der Waals surface area contributed by atoms with E-state index in [1.807, 2.05) is 0 Å². The fourth-order valence-corrected chi connectivity index (χ4v) is 2.19. The van der Waals surface area contributed by atoms with E-state index < -0.39 is 5.82 Å².